The number of unbranched alkanes of at least 4 members (excludes halogenated alkanes) is 2. The number of carbonyl (C=O) groups excluding carboxylic acids is 2. The zero-order valence-electron chi connectivity index (χ0n) is 10.9. The van der Waals surface area contributed by atoms with Crippen LogP contribution in [0.15, 0.2) is 0 Å². The second kappa shape index (κ2) is 9.85. The van der Waals surface area contributed by atoms with Crippen molar-refractivity contribution < 1.29 is 34.8 Å². The van der Waals surface area contributed by atoms with Gasteiger partial charge in [-0.15, -0.1) is 0 Å². The average molecular weight is 278 g/mol. The molecule has 0 aliphatic carbocycles. The molecule has 0 spiro atoms. The lowest BCUT2D eigenvalue weighted by molar-refractivity contribution is -0.156. The van der Waals surface area contributed by atoms with Gasteiger partial charge in [-0.05, 0) is 6.42 Å². The van der Waals surface area contributed by atoms with Gasteiger partial charge >= 0.3 is 5.97 Å². The normalized spacial score (nSPS) is 17.3. The van der Waals surface area contributed by atoms with E-state index in [0.29, 0.717) is 6.42 Å². The van der Waals surface area contributed by atoms with Gasteiger partial charge in [0.25, 0.3) is 0 Å². The van der Waals surface area contributed by atoms with Crippen molar-refractivity contribution in [2.45, 2.75) is 57.0 Å². The fourth-order valence-corrected chi connectivity index (χ4v) is 1.38. The molecule has 112 valence electrons. The second-order valence-electron chi connectivity index (χ2n) is 4.32. The third kappa shape index (κ3) is 7.22. The quantitative estimate of drug-likeness (QED) is 0.224. The van der Waals surface area contributed by atoms with Gasteiger partial charge in [0.15, 0.2) is 6.29 Å². The number of esters is 1. The van der Waals surface area contributed by atoms with E-state index < -0.39 is 37.0 Å². The van der Waals surface area contributed by atoms with E-state index in [1.165, 1.54) is 0 Å². The molecular formula is C12H22O7. The molecule has 0 aromatic carbocycles. The van der Waals surface area contributed by atoms with E-state index in [9.17, 15) is 24.9 Å². The lowest BCUT2D eigenvalue weighted by atomic mass is 10.0. The number of carbonyl (C=O) groups is 2. The molecule has 0 radical (unpaired) electrons. The molecule has 4 N–H and O–H groups in total. The van der Waals surface area contributed by atoms with Gasteiger partial charge in [0.1, 0.15) is 31.0 Å². The number of aliphatic hydroxyl groups excluding tert-OH is 4. The number of aliphatic hydroxyl groups is 4. The Bertz CT molecular complexity index is 269. The molecule has 0 aromatic heterocycles. The Balaban J connectivity index is 3.99. The van der Waals surface area contributed by atoms with Gasteiger partial charge in [0, 0.05) is 6.42 Å². The molecule has 0 bridgehead atoms. The summed E-state index contributed by atoms with van der Waals surface area (Å²) in [5, 5.41) is 37.1. The van der Waals surface area contributed by atoms with Crippen molar-refractivity contribution in [1.29, 1.82) is 0 Å². The summed E-state index contributed by atoms with van der Waals surface area (Å²) in [7, 11) is 0. The minimum atomic E-state index is -1.83. The minimum absolute atomic E-state index is 0.0391. The molecule has 4 atom stereocenters. The Morgan fingerprint density at radius 1 is 1.16 bits per heavy atom. The van der Waals surface area contributed by atoms with Crippen molar-refractivity contribution in [2.75, 3.05) is 6.61 Å². The van der Waals surface area contributed by atoms with Crippen LogP contribution >= 0.6 is 0 Å². The smallest absolute Gasteiger partial charge is 0.305 e. The summed E-state index contributed by atoms with van der Waals surface area (Å²) in [5.74, 6) is -0.509. The Morgan fingerprint density at radius 3 is 2.32 bits per heavy atom. The molecule has 0 saturated heterocycles. The van der Waals surface area contributed by atoms with Crippen molar-refractivity contribution >= 4 is 12.3 Å². The minimum Gasteiger partial charge on any atom is -0.463 e. The Labute approximate surface area is 111 Å². The molecule has 0 aromatic rings. The molecule has 0 aliphatic rings. The molecule has 0 aliphatic heterocycles. The number of hydrogen-bond donors (Lipinski definition) is 4. The van der Waals surface area contributed by atoms with Crippen LogP contribution in [0, 0.1) is 0 Å². The molecule has 0 heterocycles. The molecule has 7 nitrogen and oxygen atoms in total. The first-order valence-corrected chi connectivity index (χ1v) is 6.27. The van der Waals surface area contributed by atoms with Crippen LogP contribution in [0.4, 0.5) is 0 Å². The first kappa shape index (κ1) is 18.0. The SMILES string of the molecule is CCCCCC(=O)OCC(O)C(O)C(O)C(O)C=O. The van der Waals surface area contributed by atoms with Crippen molar-refractivity contribution in [3.63, 3.8) is 0 Å². The van der Waals surface area contributed by atoms with Gasteiger partial charge in [-0.2, -0.15) is 0 Å². The molecule has 4 unspecified atom stereocenters. The van der Waals surface area contributed by atoms with E-state index in [0.717, 1.165) is 12.8 Å². The van der Waals surface area contributed by atoms with E-state index in [4.69, 9.17) is 9.84 Å². The summed E-state index contributed by atoms with van der Waals surface area (Å²) < 4.78 is 4.71. The van der Waals surface area contributed by atoms with Crippen LogP contribution in [0.1, 0.15) is 32.6 Å². The molecule has 0 fully saturated rings. The van der Waals surface area contributed by atoms with Crippen LogP contribution in [0.25, 0.3) is 0 Å². The topological polar surface area (TPSA) is 124 Å². The summed E-state index contributed by atoms with van der Waals surface area (Å²) in [4.78, 5) is 21.4. The van der Waals surface area contributed by atoms with Gasteiger partial charge in [-0.25, -0.2) is 0 Å². The highest BCUT2D eigenvalue weighted by molar-refractivity contribution is 5.69. The molecular weight excluding hydrogens is 256 g/mol. The molecule has 0 rings (SSSR count). The number of rotatable bonds is 10. The number of aldehydes is 1. The summed E-state index contributed by atoms with van der Waals surface area (Å²) in [6.45, 7) is 1.49. The predicted molar refractivity (Wildman–Crippen MR) is 65.2 cm³/mol. The van der Waals surface area contributed by atoms with Gasteiger partial charge in [-0.3, -0.25) is 4.79 Å². The molecule has 19 heavy (non-hydrogen) atoms. The van der Waals surface area contributed by atoms with Gasteiger partial charge in [-0.1, -0.05) is 19.8 Å². The fraction of sp³-hybridized carbons (Fsp3) is 0.833. The number of hydrogen-bond acceptors (Lipinski definition) is 7. The Hall–Kier alpha value is -1.02. The summed E-state index contributed by atoms with van der Waals surface area (Å²) in [6.07, 6.45) is -4.18. The van der Waals surface area contributed by atoms with Crippen LogP contribution < -0.4 is 0 Å². The van der Waals surface area contributed by atoms with Crippen molar-refractivity contribution in [2.24, 2.45) is 0 Å². The number of ether oxygens (including phenoxy) is 1. The highest BCUT2D eigenvalue weighted by atomic mass is 16.5. The zero-order chi connectivity index (χ0) is 14.8. The average Bonchev–Trinajstić information content (AvgIpc) is 2.42. The van der Waals surface area contributed by atoms with E-state index in [1.807, 2.05) is 6.92 Å². The summed E-state index contributed by atoms with van der Waals surface area (Å²) >= 11 is 0. The second-order valence-corrected chi connectivity index (χ2v) is 4.32. The maximum atomic E-state index is 11.2. The summed E-state index contributed by atoms with van der Waals surface area (Å²) in [6, 6.07) is 0. The Kier molecular flexibility index (Phi) is 9.32. The highest BCUT2D eigenvalue weighted by Crippen LogP contribution is 2.06. The van der Waals surface area contributed by atoms with Gasteiger partial charge < -0.3 is 30.0 Å². The fourth-order valence-electron chi connectivity index (χ4n) is 1.38. The highest BCUT2D eigenvalue weighted by Gasteiger charge is 2.30. The standard InChI is InChI=1S/C12H22O7/c1-2-3-4-5-10(16)19-7-9(15)12(18)11(17)8(14)6-13/h6,8-9,11-12,14-15,17-18H,2-5,7H2,1H3. The lowest BCUT2D eigenvalue weighted by Crippen LogP contribution is -2.46. The van der Waals surface area contributed by atoms with E-state index in [-0.39, 0.29) is 12.7 Å². The predicted octanol–water partition coefficient (Wildman–Crippen LogP) is -1.25. The van der Waals surface area contributed by atoms with E-state index in [2.05, 4.69) is 0 Å². The summed E-state index contributed by atoms with van der Waals surface area (Å²) in [5.41, 5.74) is 0. The van der Waals surface area contributed by atoms with E-state index in [1.54, 1.807) is 0 Å². The van der Waals surface area contributed by atoms with Crippen LogP contribution in [-0.4, -0.2) is 63.7 Å². The maximum Gasteiger partial charge on any atom is 0.305 e. The lowest BCUT2D eigenvalue weighted by Gasteiger charge is -2.23. The molecule has 0 saturated carbocycles. The van der Waals surface area contributed by atoms with Crippen molar-refractivity contribution in [3.05, 3.63) is 0 Å². The largest absolute Gasteiger partial charge is 0.463 e. The first-order chi connectivity index (χ1) is 8.93. The monoisotopic (exact) mass is 278 g/mol. The van der Waals surface area contributed by atoms with Crippen molar-refractivity contribution in [1.82, 2.24) is 0 Å². The Morgan fingerprint density at radius 2 is 1.79 bits per heavy atom. The van der Waals surface area contributed by atoms with Gasteiger partial charge in [0.05, 0.1) is 0 Å². The molecule has 7 heteroatoms. The third-order valence-electron chi connectivity index (χ3n) is 2.63. The first-order valence-electron chi connectivity index (χ1n) is 6.27. The van der Waals surface area contributed by atoms with Gasteiger partial charge in [0.2, 0.25) is 0 Å². The van der Waals surface area contributed by atoms with Crippen LogP contribution in [0.2, 0.25) is 0 Å². The van der Waals surface area contributed by atoms with Crippen LogP contribution in [0.3, 0.4) is 0 Å². The zero-order valence-corrected chi connectivity index (χ0v) is 10.9. The molecule has 0 amide bonds. The van der Waals surface area contributed by atoms with Crippen LogP contribution in [0.5, 0.6) is 0 Å². The maximum absolute atomic E-state index is 11.2. The third-order valence-corrected chi connectivity index (χ3v) is 2.63. The van der Waals surface area contributed by atoms with Crippen molar-refractivity contribution in [3.8, 4) is 0 Å². The van der Waals surface area contributed by atoms with E-state index >= 15 is 0 Å². The van der Waals surface area contributed by atoms with Crippen LogP contribution in [-0.2, 0) is 14.3 Å².